The predicted octanol–water partition coefficient (Wildman–Crippen LogP) is 2.50. The highest BCUT2D eigenvalue weighted by atomic mass is 79.9. The third-order valence-corrected chi connectivity index (χ3v) is 1.77. The number of rotatable bonds is 1. The number of aromatic nitrogens is 2. The van der Waals surface area contributed by atoms with Crippen molar-refractivity contribution in [2.24, 2.45) is 0 Å². The monoisotopic (exact) mass is 224 g/mol. The maximum atomic E-state index is 5.12. The molecule has 2 aromatic heterocycles. The van der Waals surface area contributed by atoms with Gasteiger partial charge in [0.15, 0.2) is 11.6 Å². The highest BCUT2D eigenvalue weighted by Crippen LogP contribution is 2.15. The molecule has 0 saturated carbocycles. The molecule has 12 heavy (non-hydrogen) atoms. The molecular formula is C8H5BrN2O. The summed E-state index contributed by atoms with van der Waals surface area (Å²) in [5, 5.41) is 0. The van der Waals surface area contributed by atoms with Crippen LogP contribution in [0.3, 0.4) is 0 Å². The van der Waals surface area contributed by atoms with Crippen LogP contribution in [-0.2, 0) is 0 Å². The lowest BCUT2D eigenvalue weighted by Gasteiger charge is -1.93. The molecule has 2 aromatic rings. The second-order valence-electron chi connectivity index (χ2n) is 2.20. The fourth-order valence-corrected chi connectivity index (χ4v) is 1.05. The third-order valence-electron chi connectivity index (χ3n) is 1.36. The van der Waals surface area contributed by atoms with E-state index in [1.807, 2.05) is 6.07 Å². The number of hydrogen-bond acceptors (Lipinski definition) is 3. The Morgan fingerprint density at radius 2 is 2.00 bits per heavy atom. The van der Waals surface area contributed by atoms with Crippen LogP contribution in [0, 0.1) is 0 Å². The molecule has 0 fully saturated rings. The van der Waals surface area contributed by atoms with Gasteiger partial charge in [0, 0.05) is 12.4 Å². The average Bonchev–Trinajstić information content (AvgIpc) is 2.58. The van der Waals surface area contributed by atoms with Crippen molar-refractivity contribution < 1.29 is 4.42 Å². The number of hydrogen-bond donors (Lipinski definition) is 0. The maximum Gasteiger partial charge on any atom is 0.195 e. The fourth-order valence-electron chi connectivity index (χ4n) is 0.845. The molecule has 0 aromatic carbocycles. The van der Waals surface area contributed by atoms with Gasteiger partial charge in [-0.1, -0.05) is 0 Å². The molecule has 0 unspecified atom stereocenters. The molecule has 3 nitrogen and oxygen atoms in total. The standard InChI is InChI=1S/C8H5BrN2O/c9-6-4-10-8(11-5-6)7-2-1-3-12-7/h1-5H. The first kappa shape index (κ1) is 7.49. The van der Waals surface area contributed by atoms with E-state index in [0.29, 0.717) is 11.6 Å². The Morgan fingerprint density at radius 1 is 1.25 bits per heavy atom. The van der Waals surface area contributed by atoms with Crippen LogP contribution in [0.15, 0.2) is 39.7 Å². The van der Waals surface area contributed by atoms with E-state index in [2.05, 4.69) is 25.9 Å². The fraction of sp³-hybridized carbons (Fsp3) is 0. The summed E-state index contributed by atoms with van der Waals surface area (Å²) in [5.74, 6) is 1.28. The molecule has 0 atom stereocenters. The average molecular weight is 225 g/mol. The van der Waals surface area contributed by atoms with Crippen molar-refractivity contribution >= 4 is 15.9 Å². The topological polar surface area (TPSA) is 38.9 Å². The first-order valence-electron chi connectivity index (χ1n) is 3.38. The van der Waals surface area contributed by atoms with Crippen LogP contribution in [0.1, 0.15) is 0 Å². The van der Waals surface area contributed by atoms with E-state index >= 15 is 0 Å². The van der Waals surface area contributed by atoms with Crippen LogP contribution in [0.2, 0.25) is 0 Å². The van der Waals surface area contributed by atoms with E-state index in [1.165, 1.54) is 0 Å². The summed E-state index contributed by atoms with van der Waals surface area (Å²) >= 11 is 3.25. The Bertz CT molecular complexity index is 355. The second kappa shape index (κ2) is 3.06. The Kier molecular flexibility index (Phi) is 1.91. The zero-order valence-corrected chi connectivity index (χ0v) is 7.65. The summed E-state index contributed by atoms with van der Waals surface area (Å²) < 4.78 is 5.98. The molecule has 0 aliphatic carbocycles. The minimum absolute atomic E-state index is 0.600. The first-order chi connectivity index (χ1) is 5.86. The summed E-state index contributed by atoms with van der Waals surface area (Å²) in [6.45, 7) is 0. The van der Waals surface area contributed by atoms with Crippen molar-refractivity contribution in [2.75, 3.05) is 0 Å². The van der Waals surface area contributed by atoms with E-state index in [-0.39, 0.29) is 0 Å². The van der Waals surface area contributed by atoms with Gasteiger partial charge in [0.05, 0.1) is 10.7 Å². The van der Waals surface area contributed by atoms with Gasteiger partial charge in [-0.05, 0) is 28.1 Å². The minimum Gasteiger partial charge on any atom is -0.461 e. The van der Waals surface area contributed by atoms with Crippen LogP contribution < -0.4 is 0 Å². The Balaban J connectivity index is 2.43. The first-order valence-corrected chi connectivity index (χ1v) is 4.17. The molecule has 0 spiro atoms. The zero-order chi connectivity index (χ0) is 8.39. The quantitative estimate of drug-likeness (QED) is 0.748. The number of furan rings is 1. The molecule has 0 saturated heterocycles. The van der Waals surface area contributed by atoms with E-state index in [1.54, 1.807) is 24.7 Å². The van der Waals surface area contributed by atoms with E-state index < -0.39 is 0 Å². The van der Waals surface area contributed by atoms with Crippen molar-refractivity contribution in [3.05, 3.63) is 35.3 Å². The second-order valence-corrected chi connectivity index (χ2v) is 3.12. The van der Waals surface area contributed by atoms with Gasteiger partial charge in [-0.15, -0.1) is 0 Å². The van der Waals surface area contributed by atoms with Crippen molar-refractivity contribution in [2.45, 2.75) is 0 Å². The van der Waals surface area contributed by atoms with Crippen LogP contribution in [0.4, 0.5) is 0 Å². The molecule has 2 heterocycles. The summed E-state index contributed by atoms with van der Waals surface area (Å²) in [5.41, 5.74) is 0. The predicted molar refractivity (Wildman–Crippen MR) is 47.4 cm³/mol. The highest BCUT2D eigenvalue weighted by Gasteiger charge is 2.01. The van der Waals surface area contributed by atoms with Gasteiger partial charge < -0.3 is 4.42 Å². The van der Waals surface area contributed by atoms with Gasteiger partial charge in [-0.25, -0.2) is 9.97 Å². The SMILES string of the molecule is Brc1cnc(-c2ccco2)nc1. The Morgan fingerprint density at radius 3 is 2.58 bits per heavy atom. The molecule has 0 bridgehead atoms. The van der Waals surface area contributed by atoms with Crippen LogP contribution in [0.25, 0.3) is 11.6 Å². The molecule has 0 N–H and O–H groups in total. The highest BCUT2D eigenvalue weighted by molar-refractivity contribution is 9.10. The van der Waals surface area contributed by atoms with E-state index in [4.69, 9.17) is 4.42 Å². The maximum absolute atomic E-state index is 5.12. The molecule has 0 aliphatic heterocycles. The Labute approximate surface area is 77.6 Å². The largest absolute Gasteiger partial charge is 0.461 e. The van der Waals surface area contributed by atoms with Gasteiger partial charge in [0.1, 0.15) is 0 Å². The van der Waals surface area contributed by atoms with Crippen LogP contribution >= 0.6 is 15.9 Å². The van der Waals surface area contributed by atoms with Gasteiger partial charge in [-0.2, -0.15) is 0 Å². The molecule has 0 amide bonds. The Hall–Kier alpha value is -1.16. The smallest absolute Gasteiger partial charge is 0.195 e. The van der Waals surface area contributed by atoms with Crippen LogP contribution in [-0.4, -0.2) is 9.97 Å². The minimum atomic E-state index is 0.600. The summed E-state index contributed by atoms with van der Waals surface area (Å²) in [7, 11) is 0. The van der Waals surface area contributed by atoms with Gasteiger partial charge in [0.25, 0.3) is 0 Å². The summed E-state index contributed by atoms with van der Waals surface area (Å²) in [4.78, 5) is 8.14. The van der Waals surface area contributed by atoms with Crippen molar-refractivity contribution in [3.8, 4) is 11.6 Å². The van der Waals surface area contributed by atoms with Gasteiger partial charge >= 0.3 is 0 Å². The molecule has 60 valence electrons. The molecule has 0 radical (unpaired) electrons. The molecule has 0 aliphatic rings. The van der Waals surface area contributed by atoms with Gasteiger partial charge in [-0.3, -0.25) is 0 Å². The molecular weight excluding hydrogens is 220 g/mol. The normalized spacial score (nSPS) is 10.1. The van der Waals surface area contributed by atoms with Gasteiger partial charge in [0.2, 0.25) is 0 Å². The number of halogens is 1. The van der Waals surface area contributed by atoms with E-state index in [0.717, 1.165) is 4.47 Å². The van der Waals surface area contributed by atoms with Crippen molar-refractivity contribution in [3.63, 3.8) is 0 Å². The zero-order valence-electron chi connectivity index (χ0n) is 6.07. The third kappa shape index (κ3) is 1.38. The lowest BCUT2D eigenvalue weighted by atomic mass is 10.4. The van der Waals surface area contributed by atoms with E-state index in [9.17, 15) is 0 Å². The van der Waals surface area contributed by atoms with Crippen molar-refractivity contribution in [1.29, 1.82) is 0 Å². The number of nitrogens with zero attached hydrogens (tertiary/aromatic N) is 2. The lowest BCUT2D eigenvalue weighted by Crippen LogP contribution is -1.84. The summed E-state index contributed by atoms with van der Waals surface area (Å²) in [6, 6.07) is 3.63. The molecule has 4 heteroatoms. The lowest BCUT2D eigenvalue weighted by molar-refractivity contribution is 0.577. The van der Waals surface area contributed by atoms with Crippen LogP contribution in [0.5, 0.6) is 0 Å². The summed E-state index contributed by atoms with van der Waals surface area (Å²) in [6.07, 6.45) is 4.97. The van der Waals surface area contributed by atoms with Crippen molar-refractivity contribution in [1.82, 2.24) is 9.97 Å². The molecule has 2 rings (SSSR count).